The average molecular weight is 310 g/mol. The molecule has 0 radical (unpaired) electrons. The Labute approximate surface area is 137 Å². The molecular formula is C19H22N2O2. The molecule has 1 saturated heterocycles. The topological polar surface area (TPSA) is 32.8 Å². The summed E-state index contributed by atoms with van der Waals surface area (Å²) in [5, 5.41) is 0. The highest BCUT2D eigenvalue weighted by atomic mass is 16.6. The van der Waals surface area contributed by atoms with E-state index in [0.717, 1.165) is 37.3 Å². The Kier molecular flexibility index (Phi) is 4.93. The third-order valence-corrected chi connectivity index (χ3v) is 4.06. The second-order valence-corrected chi connectivity index (χ2v) is 5.92. The van der Waals surface area contributed by atoms with Crippen molar-refractivity contribution in [3.63, 3.8) is 0 Å². The number of carbonyl (C=O) groups is 1. The molecule has 1 amide bonds. The summed E-state index contributed by atoms with van der Waals surface area (Å²) in [6.07, 6.45) is 1.62. The maximum Gasteiger partial charge on any atom is 0.419 e. The largest absolute Gasteiger partial charge is 0.444 e. The fraction of sp³-hybridized carbons (Fsp3) is 0.316. The van der Waals surface area contributed by atoms with Crippen molar-refractivity contribution in [3.05, 3.63) is 60.7 Å². The molecule has 4 nitrogen and oxygen atoms in total. The van der Waals surface area contributed by atoms with E-state index in [0.29, 0.717) is 0 Å². The molecule has 2 aromatic carbocycles. The molecule has 1 unspecified atom stereocenters. The fourth-order valence-electron chi connectivity index (χ4n) is 2.92. The summed E-state index contributed by atoms with van der Waals surface area (Å²) >= 11 is 0. The predicted molar refractivity (Wildman–Crippen MR) is 92.0 cm³/mol. The van der Waals surface area contributed by atoms with Crippen LogP contribution in [-0.2, 0) is 4.74 Å². The van der Waals surface area contributed by atoms with Gasteiger partial charge in [-0.1, -0.05) is 36.4 Å². The average Bonchev–Trinajstić information content (AvgIpc) is 2.57. The molecule has 23 heavy (non-hydrogen) atoms. The lowest BCUT2D eigenvalue weighted by molar-refractivity contribution is 0.0565. The van der Waals surface area contributed by atoms with Gasteiger partial charge in [0.25, 0.3) is 0 Å². The Bertz CT molecular complexity index is 591. The van der Waals surface area contributed by atoms with Crippen LogP contribution in [0.4, 0.5) is 16.2 Å². The number of anilines is 2. The first kappa shape index (κ1) is 15.6. The van der Waals surface area contributed by atoms with E-state index in [9.17, 15) is 4.79 Å². The number of amides is 1. The molecule has 4 heteroatoms. The van der Waals surface area contributed by atoms with E-state index < -0.39 is 0 Å². The van der Waals surface area contributed by atoms with Crippen molar-refractivity contribution in [2.75, 3.05) is 25.0 Å². The van der Waals surface area contributed by atoms with Crippen molar-refractivity contribution in [1.29, 1.82) is 0 Å². The van der Waals surface area contributed by atoms with E-state index in [1.54, 1.807) is 4.90 Å². The summed E-state index contributed by atoms with van der Waals surface area (Å²) in [6, 6.07) is 19.2. The second kappa shape index (κ2) is 7.29. The highest BCUT2D eigenvalue weighted by Gasteiger charge is 2.25. The highest BCUT2D eigenvalue weighted by Crippen LogP contribution is 2.26. The zero-order valence-electron chi connectivity index (χ0n) is 13.4. The van der Waals surface area contributed by atoms with Crippen LogP contribution in [0, 0.1) is 0 Å². The number of carbonyl (C=O) groups excluding carboxylic acids is 1. The third kappa shape index (κ3) is 3.90. The number of rotatable bonds is 3. The van der Waals surface area contributed by atoms with Crippen molar-refractivity contribution in [1.82, 2.24) is 4.90 Å². The first-order valence-corrected chi connectivity index (χ1v) is 8.03. The molecule has 3 rings (SSSR count). The summed E-state index contributed by atoms with van der Waals surface area (Å²) in [5.74, 6) is 0. The van der Waals surface area contributed by atoms with Gasteiger partial charge < -0.3 is 9.64 Å². The lowest BCUT2D eigenvalue weighted by Gasteiger charge is -2.31. The minimum Gasteiger partial charge on any atom is -0.444 e. The molecule has 0 bridgehead atoms. The van der Waals surface area contributed by atoms with Gasteiger partial charge in [0, 0.05) is 6.54 Å². The predicted octanol–water partition coefficient (Wildman–Crippen LogP) is 4.06. The van der Waals surface area contributed by atoms with E-state index in [4.69, 9.17) is 4.74 Å². The van der Waals surface area contributed by atoms with Crippen molar-refractivity contribution in [3.8, 4) is 0 Å². The fourth-order valence-corrected chi connectivity index (χ4v) is 2.92. The van der Waals surface area contributed by atoms with Crippen LogP contribution in [0.1, 0.15) is 12.8 Å². The number of para-hydroxylation sites is 2. The summed E-state index contributed by atoms with van der Waals surface area (Å²) in [4.78, 5) is 16.6. The Hall–Kier alpha value is -2.33. The van der Waals surface area contributed by atoms with E-state index in [1.807, 2.05) is 60.7 Å². The highest BCUT2D eigenvalue weighted by molar-refractivity contribution is 5.96. The quantitative estimate of drug-likeness (QED) is 0.857. The molecule has 0 N–H and O–H groups in total. The monoisotopic (exact) mass is 310 g/mol. The molecule has 2 aromatic rings. The normalized spacial score (nSPS) is 18.4. The lowest BCUT2D eigenvalue weighted by atomic mass is 10.1. The minimum absolute atomic E-state index is 0.0452. The summed E-state index contributed by atoms with van der Waals surface area (Å²) in [5.41, 5.74) is 1.63. The molecule has 1 heterocycles. The summed E-state index contributed by atoms with van der Waals surface area (Å²) < 4.78 is 5.78. The van der Waals surface area contributed by atoms with Crippen molar-refractivity contribution in [2.24, 2.45) is 0 Å². The van der Waals surface area contributed by atoms with Crippen molar-refractivity contribution >= 4 is 17.5 Å². The van der Waals surface area contributed by atoms with Crippen LogP contribution in [0.3, 0.4) is 0 Å². The molecule has 120 valence electrons. The van der Waals surface area contributed by atoms with E-state index in [1.165, 1.54) is 0 Å². The van der Waals surface area contributed by atoms with Crippen LogP contribution < -0.4 is 4.90 Å². The van der Waals surface area contributed by atoms with Gasteiger partial charge in [-0.3, -0.25) is 0 Å². The second-order valence-electron chi connectivity index (χ2n) is 5.92. The Morgan fingerprint density at radius 3 is 2.13 bits per heavy atom. The number of nitrogens with zero attached hydrogens (tertiary/aromatic N) is 2. The molecule has 1 aliphatic rings. The zero-order chi connectivity index (χ0) is 16.1. The summed E-state index contributed by atoms with van der Waals surface area (Å²) in [6.45, 7) is 1.86. The van der Waals surface area contributed by atoms with Gasteiger partial charge in [0.2, 0.25) is 0 Å². The van der Waals surface area contributed by atoms with Crippen LogP contribution in [0.15, 0.2) is 60.7 Å². The molecule has 1 fully saturated rings. The Morgan fingerprint density at radius 2 is 1.61 bits per heavy atom. The van der Waals surface area contributed by atoms with Gasteiger partial charge in [-0.2, -0.15) is 0 Å². The third-order valence-electron chi connectivity index (χ3n) is 4.06. The molecular weight excluding hydrogens is 288 g/mol. The van der Waals surface area contributed by atoms with Gasteiger partial charge in [0.15, 0.2) is 0 Å². The number of hydrogen-bond donors (Lipinski definition) is 0. The van der Waals surface area contributed by atoms with Crippen LogP contribution >= 0.6 is 0 Å². The van der Waals surface area contributed by atoms with Gasteiger partial charge in [-0.05, 0) is 50.7 Å². The molecule has 0 aliphatic carbocycles. The number of likely N-dealkylation sites (N-methyl/N-ethyl adjacent to an activating group) is 1. The van der Waals surface area contributed by atoms with Crippen LogP contribution in [0.2, 0.25) is 0 Å². The van der Waals surface area contributed by atoms with Crippen LogP contribution in [0.5, 0.6) is 0 Å². The van der Waals surface area contributed by atoms with E-state index in [-0.39, 0.29) is 12.2 Å². The number of ether oxygens (including phenoxy) is 1. The first-order chi connectivity index (χ1) is 11.2. The molecule has 0 spiro atoms. The van der Waals surface area contributed by atoms with Gasteiger partial charge in [0.05, 0.1) is 11.4 Å². The minimum atomic E-state index is -0.317. The smallest absolute Gasteiger partial charge is 0.419 e. The first-order valence-electron chi connectivity index (χ1n) is 8.03. The van der Waals surface area contributed by atoms with Crippen LogP contribution in [0.25, 0.3) is 0 Å². The number of piperidine rings is 1. The standard InChI is InChI=1S/C19H22N2O2/c1-20-14-8-13-18(15-20)23-19(22)21(16-9-4-2-5-10-16)17-11-6-3-7-12-17/h2-7,9-12,18H,8,13-15H2,1H3. The number of benzene rings is 2. The molecule has 1 atom stereocenters. The molecule has 0 aromatic heterocycles. The van der Waals surface area contributed by atoms with Gasteiger partial charge in [-0.15, -0.1) is 0 Å². The Balaban J connectivity index is 1.82. The maximum absolute atomic E-state index is 12.8. The van der Waals surface area contributed by atoms with Gasteiger partial charge >= 0.3 is 6.09 Å². The van der Waals surface area contributed by atoms with E-state index in [2.05, 4.69) is 11.9 Å². The zero-order valence-corrected chi connectivity index (χ0v) is 13.4. The lowest BCUT2D eigenvalue weighted by Crippen LogP contribution is -2.40. The number of hydrogen-bond acceptors (Lipinski definition) is 3. The maximum atomic E-state index is 12.8. The Morgan fingerprint density at radius 1 is 1.04 bits per heavy atom. The molecule has 1 aliphatic heterocycles. The van der Waals surface area contributed by atoms with Crippen molar-refractivity contribution in [2.45, 2.75) is 18.9 Å². The van der Waals surface area contributed by atoms with Crippen molar-refractivity contribution < 1.29 is 9.53 Å². The summed E-state index contributed by atoms with van der Waals surface area (Å²) in [7, 11) is 2.06. The SMILES string of the molecule is CN1CCCC(OC(=O)N(c2ccccc2)c2ccccc2)C1. The molecule has 0 saturated carbocycles. The van der Waals surface area contributed by atoms with E-state index >= 15 is 0 Å². The van der Waals surface area contributed by atoms with Crippen LogP contribution in [-0.4, -0.2) is 37.2 Å². The van der Waals surface area contributed by atoms with Gasteiger partial charge in [0.1, 0.15) is 6.10 Å². The number of likely N-dealkylation sites (tertiary alicyclic amines) is 1. The van der Waals surface area contributed by atoms with Gasteiger partial charge in [-0.25, -0.2) is 9.69 Å².